The largest absolute Gasteiger partial charge is 0.497 e. The van der Waals surface area contributed by atoms with Gasteiger partial charge >= 0.3 is 10.5 Å². The second kappa shape index (κ2) is 14.1. The Morgan fingerprint density at radius 2 is 1.80 bits per heavy atom. The summed E-state index contributed by atoms with van der Waals surface area (Å²) in [6, 6.07) is 7.07. The van der Waals surface area contributed by atoms with E-state index in [1.807, 2.05) is 26.0 Å². The molecule has 0 radical (unpaired) electrons. The second-order valence-electron chi connectivity index (χ2n) is 7.49. The molecule has 7 nitrogen and oxygen atoms in total. The standard InChI is InChI=1S/C21H33N3O4S2/c1-5-6-7-8-17(24-30(26)27)11-14-19(16-9-12-18(28-4)13-10-16)20(25)23-21(29)22-15(2)3/h9-10,12-13,15,17,19H,5-8,11,14H2,1-4H3,(H2,22,23,25,29). The van der Waals surface area contributed by atoms with Crippen LogP contribution in [0.25, 0.3) is 0 Å². The fourth-order valence-corrected chi connectivity index (χ4v) is 3.93. The number of hydrogen-bond donors (Lipinski definition) is 2. The van der Waals surface area contributed by atoms with Crippen molar-refractivity contribution in [1.29, 1.82) is 0 Å². The molecule has 1 rings (SSSR count). The lowest BCUT2D eigenvalue weighted by molar-refractivity contribution is -0.121. The number of nitrogens with one attached hydrogen (secondary N) is 2. The molecule has 1 aromatic carbocycles. The van der Waals surface area contributed by atoms with Crippen LogP contribution in [0.3, 0.4) is 0 Å². The first kappa shape index (κ1) is 26.0. The summed E-state index contributed by atoms with van der Waals surface area (Å²) in [5, 5.41) is 6.03. The molecule has 2 atom stereocenters. The van der Waals surface area contributed by atoms with Crippen molar-refractivity contribution < 1.29 is 17.9 Å². The number of rotatable bonds is 12. The van der Waals surface area contributed by atoms with Gasteiger partial charge in [0.25, 0.3) is 0 Å². The number of ether oxygens (including phenoxy) is 1. The summed E-state index contributed by atoms with van der Waals surface area (Å²) in [7, 11) is -0.880. The van der Waals surface area contributed by atoms with E-state index in [0.717, 1.165) is 24.8 Å². The third-order valence-corrected chi connectivity index (χ3v) is 5.35. The van der Waals surface area contributed by atoms with Gasteiger partial charge in [-0.3, -0.25) is 4.79 Å². The number of hydrogen-bond acceptors (Lipinski definition) is 6. The van der Waals surface area contributed by atoms with E-state index >= 15 is 0 Å². The number of unbranched alkanes of at least 4 members (excludes halogenated alkanes) is 2. The minimum absolute atomic E-state index is 0.103. The summed E-state index contributed by atoms with van der Waals surface area (Å²) in [6.45, 7) is 5.96. The van der Waals surface area contributed by atoms with Crippen molar-refractivity contribution >= 4 is 33.7 Å². The monoisotopic (exact) mass is 455 g/mol. The van der Waals surface area contributed by atoms with Gasteiger partial charge in [0.1, 0.15) is 5.75 Å². The fraction of sp³-hybridized carbons (Fsp3) is 0.619. The second-order valence-corrected chi connectivity index (χ2v) is 8.55. The number of carbonyl (C=O) groups is 1. The minimum Gasteiger partial charge on any atom is -0.497 e. The molecule has 168 valence electrons. The normalized spacial score (nSPS) is 12.7. The molecule has 9 heteroatoms. The average molecular weight is 456 g/mol. The van der Waals surface area contributed by atoms with Crippen LogP contribution in [0.4, 0.5) is 0 Å². The Hall–Kier alpha value is -2.00. The molecule has 0 aliphatic carbocycles. The molecular weight excluding hydrogens is 422 g/mol. The van der Waals surface area contributed by atoms with Gasteiger partial charge in [0.05, 0.1) is 19.1 Å². The highest BCUT2D eigenvalue weighted by atomic mass is 32.2. The topological polar surface area (TPSA) is 96.9 Å². The lowest BCUT2D eigenvalue weighted by Crippen LogP contribution is -2.44. The van der Waals surface area contributed by atoms with Crippen LogP contribution in [-0.2, 0) is 15.3 Å². The molecule has 0 heterocycles. The van der Waals surface area contributed by atoms with Gasteiger partial charge < -0.3 is 15.4 Å². The van der Waals surface area contributed by atoms with Gasteiger partial charge in [-0.2, -0.15) is 12.8 Å². The molecule has 0 aliphatic heterocycles. The van der Waals surface area contributed by atoms with Gasteiger partial charge in [-0.1, -0.05) is 38.3 Å². The van der Waals surface area contributed by atoms with Gasteiger partial charge in [-0.05, 0) is 63.0 Å². The van der Waals surface area contributed by atoms with Crippen molar-refractivity contribution in [2.24, 2.45) is 4.36 Å². The first-order valence-corrected chi connectivity index (χ1v) is 11.8. The first-order chi connectivity index (χ1) is 14.3. The molecule has 0 fully saturated rings. The van der Waals surface area contributed by atoms with Gasteiger partial charge in [0.15, 0.2) is 5.11 Å². The zero-order valence-electron chi connectivity index (χ0n) is 18.2. The van der Waals surface area contributed by atoms with Crippen molar-refractivity contribution in [2.45, 2.75) is 77.3 Å². The summed E-state index contributed by atoms with van der Waals surface area (Å²) in [5.74, 6) is -0.00949. The SMILES string of the molecule is CCCCCC(CCC(C(=O)NC(=S)NC(C)C)c1ccc(OC)cc1)N=S(=O)=O. The molecule has 1 aromatic rings. The third-order valence-electron chi connectivity index (χ3n) is 4.66. The Morgan fingerprint density at radius 1 is 1.13 bits per heavy atom. The molecular formula is C21H33N3O4S2. The maximum atomic E-state index is 13.0. The molecule has 2 N–H and O–H groups in total. The highest BCUT2D eigenvalue weighted by Crippen LogP contribution is 2.26. The van der Waals surface area contributed by atoms with Crippen LogP contribution in [0.15, 0.2) is 28.6 Å². The van der Waals surface area contributed by atoms with Crippen LogP contribution < -0.4 is 15.4 Å². The lowest BCUT2D eigenvalue weighted by Gasteiger charge is -2.20. The fourth-order valence-electron chi connectivity index (χ4n) is 3.14. The van der Waals surface area contributed by atoms with Gasteiger partial charge in [-0.25, -0.2) is 0 Å². The average Bonchev–Trinajstić information content (AvgIpc) is 2.67. The van der Waals surface area contributed by atoms with E-state index in [4.69, 9.17) is 17.0 Å². The predicted molar refractivity (Wildman–Crippen MR) is 123 cm³/mol. The highest BCUT2D eigenvalue weighted by Gasteiger charge is 2.23. The number of thiocarbonyl (C=S) groups is 1. The maximum absolute atomic E-state index is 13.0. The smallest absolute Gasteiger partial charge is 0.311 e. The van der Waals surface area contributed by atoms with E-state index in [1.54, 1.807) is 19.2 Å². The summed E-state index contributed by atoms with van der Waals surface area (Å²) in [5.41, 5.74) is 0.816. The number of carbonyl (C=O) groups excluding carboxylic acids is 1. The van der Waals surface area contributed by atoms with Crippen LogP contribution in [0, 0.1) is 0 Å². The summed E-state index contributed by atoms with van der Waals surface area (Å²) in [6.07, 6.45) is 4.61. The van der Waals surface area contributed by atoms with E-state index in [2.05, 4.69) is 21.9 Å². The summed E-state index contributed by atoms with van der Waals surface area (Å²) in [4.78, 5) is 13.0. The van der Waals surface area contributed by atoms with Crippen molar-refractivity contribution in [3.05, 3.63) is 29.8 Å². The quantitative estimate of drug-likeness (QED) is 0.366. The van der Waals surface area contributed by atoms with E-state index in [-0.39, 0.29) is 23.1 Å². The Balaban J connectivity index is 2.98. The molecule has 2 unspecified atom stereocenters. The van der Waals surface area contributed by atoms with E-state index in [9.17, 15) is 13.2 Å². The molecule has 0 aromatic heterocycles. The Bertz CT molecular complexity index is 800. The maximum Gasteiger partial charge on any atom is 0.311 e. The van der Waals surface area contributed by atoms with Gasteiger partial charge in [-0.15, -0.1) is 0 Å². The minimum atomic E-state index is -2.46. The molecule has 0 spiro atoms. The van der Waals surface area contributed by atoms with Crippen LogP contribution in [0.2, 0.25) is 0 Å². The summed E-state index contributed by atoms with van der Waals surface area (Å²) >= 11 is 5.22. The molecule has 0 saturated carbocycles. The lowest BCUT2D eigenvalue weighted by atomic mass is 9.90. The van der Waals surface area contributed by atoms with Crippen molar-refractivity contribution in [3.63, 3.8) is 0 Å². The zero-order valence-corrected chi connectivity index (χ0v) is 19.8. The van der Waals surface area contributed by atoms with E-state index in [1.165, 1.54) is 0 Å². The van der Waals surface area contributed by atoms with Crippen molar-refractivity contribution in [1.82, 2.24) is 10.6 Å². The Morgan fingerprint density at radius 3 is 2.33 bits per heavy atom. The number of nitrogens with zero attached hydrogens (tertiary/aromatic N) is 1. The van der Waals surface area contributed by atoms with Gasteiger partial charge in [0, 0.05) is 6.04 Å². The summed E-state index contributed by atoms with van der Waals surface area (Å²) < 4.78 is 31.3. The highest BCUT2D eigenvalue weighted by molar-refractivity contribution is 7.80. The predicted octanol–water partition coefficient (Wildman–Crippen LogP) is 3.97. The molecule has 0 saturated heterocycles. The third kappa shape index (κ3) is 10.2. The molecule has 1 amide bonds. The van der Waals surface area contributed by atoms with Crippen molar-refractivity contribution in [3.8, 4) is 5.75 Å². The van der Waals surface area contributed by atoms with E-state index < -0.39 is 16.4 Å². The molecule has 0 aliphatic rings. The molecule has 30 heavy (non-hydrogen) atoms. The Kier molecular flexibility index (Phi) is 12.2. The number of benzene rings is 1. The van der Waals surface area contributed by atoms with E-state index in [0.29, 0.717) is 25.0 Å². The van der Waals surface area contributed by atoms with Crippen LogP contribution in [-0.4, -0.2) is 38.6 Å². The van der Waals surface area contributed by atoms with Crippen LogP contribution in [0.1, 0.15) is 70.8 Å². The van der Waals surface area contributed by atoms with Crippen molar-refractivity contribution in [2.75, 3.05) is 7.11 Å². The van der Waals surface area contributed by atoms with Gasteiger partial charge in [0.2, 0.25) is 5.91 Å². The molecule has 0 bridgehead atoms. The van der Waals surface area contributed by atoms with Crippen LogP contribution >= 0.6 is 12.2 Å². The number of amides is 1. The zero-order chi connectivity index (χ0) is 22.5. The van der Waals surface area contributed by atoms with Crippen LogP contribution in [0.5, 0.6) is 5.75 Å². The number of methoxy groups -OCH3 is 1. The Labute approximate surface area is 186 Å². The first-order valence-electron chi connectivity index (χ1n) is 10.3.